The molecule has 1 aromatic carbocycles. The molecule has 1 rings (SSSR count). The Morgan fingerprint density at radius 1 is 1.31 bits per heavy atom. The summed E-state index contributed by atoms with van der Waals surface area (Å²) in [5, 5.41) is 11.7. The maximum atomic E-state index is 13.4. The molecule has 0 amide bonds. The fourth-order valence-corrected chi connectivity index (χ4v) is 1.52. The average Bonchev–Trinajstić information content (AvgIpc) is 2.28. The number of hydrogen-bond donors (Lipinski definition) is 2. The number of unbranched alkanes of at least 4 members (excludes halogenated alkanes) is 1. The highest BCUT2D eigenvalue weighted by atomic mass is 19.2. The largest absolute Gasteiger partial charge is 0.396 e. The molecule has 1 unspecified atom stereocenters. The van der Waals surface area contributed by atoms with E-state index < -0.39 is 11.6 Å². The SMILES string of the molecule is CC(NCCCCO)c1cccc(F)c1F. The minimum Gasteiger partial charge on any atom is -0.396 e. The Bertz CT molecular complexity index is 331. The fourth-order valence-electron chi connectivity index (χ4n) is 1.52. The Kier molecular flexibility index (Phi) is 5.35. The van der Waals surface area contributed by atoms with Gasteiger partial charge in [0.1, 0.15) is 0 Å². The van der Waals surface area contributed by atoms with Crippen LogP contribution in [0.2, 0.25) is 0 Å². The quantitative estimate of drug-likeness (QED) is 0.734. The van der Waals surface area contributed by atoms with Crippen LogP contribution in [0, 0.1) is 11.6 Å². The van der Waals surface area contributed by atoms with Gasteiger partial charge in [-0.2, -0.15) is 0 Å². The monoisotopic (exact) mass is 229 g/mol. The van der Waals surface area contributed by atoms with Crippen LogP contribution in [0.15, 0.2) is 18.2 Å². The zero-order chi connectivity index (χ0) is 12.0. The molecule has 0 aliphatic carbocycles. The molecule has 0 aliphatic heterocycles. The highest BCUT2D eigenvalue weighted by Gasteiger charge is 2.12. The molecule has 1 atom stereocenters. The van der Waals surface area contributed by atoms with Crippen LogP contribution in [0.1, 0.15) is 31.4 Å². The molecule has 1 aromatic rings. The summed E-state index contributed by atoms with van der Waals surface area (Å²) in [5.74, 6) is -1.61. The zero-order valence-corrected chi connectivity index (χ0v) is 9.34. The maximum Gasteiger partial charge on any atom is 0.163 e. The second-order valence-corrected chi connectivity index (χ2v) is 3.75. The molecule has 0 fully saturated rings. The van der Waals surface area contributed by atoms with Gasteiger partial charge in [-0.1, -0.05) is 12.1 Å². The van der Waals surface area contributed by atoms with Gasteiger partial charge in [0.05, 0.1) is 0 Å². The van der Waals surface area contributed by atoms with Gasteiger partial charge in [0.2, 0.25) is 0 Å². The first-order valence-electron chi connectivity index (χ1n) is 5.45. The lowest BCUT2D eigenvalue weighted by Crippen LogP contribution is -2.21. The minimum atomic E-state index is -0.818. The Morgan fingerprint density at radius 3 is 2.75 bits per heavy atom. The highest BCUT2D eigenvalue weighted by Crippen LogP contribution is 2.18. The summed E-state index contributed by atoms with van der Waals surface area (Å²) in [4.78, 5) is 0. The lowest BCUT2D eigenvalue weighted by molar-refractivity contribution is 0.282. The molecule has 0 saturated heterocycles. The van der Waals surface area contributed by atoms with Crippen molar-refractivity contribution in [3.63, 3.8) is 0 Å². The molecule has 0 aromatic heterocycles. The van der Waals surface area contributed by atoms with E-state index in [1.165, 1.54) is 6.07 Å². The van der Waals surface area contributed by atoms with Crippen molar-refractivity contribution in [3.8, 4) is 0 Å². The molecular weight excluding hydrogens is 212 g/mol. The van der Waals surface area contributed by atoms with Crippen LogP contribution in [0.25, 0.3) is 0 Å². The van der Waals surface area contributed by atoms with Crippen LogP contribution in [-0.4, -0.2) is 18.3 Å². The summed E-state index contributed by atoms with van der Waals surface area (Å²) in [5.41, 5.74) is 0.337. The number of aliphatic hydroxyl groups is 1. The first-order chi connectivity index (χ1) is 7.66. The third-order valence-electron chi connectivity index (χ3n) is 2.48. The van der Waals surface area contributed by atoms with E-state index in [1.54, 1.807) is 13.0 Å². The van der Waals surface area contributed by atoms with Crippen LogP contribution in [0.3, 0.4) is 0 Å². The van der Waals surface area contributed by atoms with Gasteiger partial charge in [-0.05, 0) is 32.4 Å². The van der Waals surface area contributed by atoms with Crippen molar-refractivity contribution in [2.45, 2.75) is 25.8 Å². The summed E-state index contributed by atoms with van der Waals surface area (Å²) in [7, 11) is 0. The minimum absolute atomic E-state index is 0.157. The van der Waals surface area contributed by atoms with Crippen molar-refractivity contribution in [3.05, 3.63) is 35.4 Å². The number of hydrogen-bond acceptors (Lipinski definition) is 2. The van der Waals surface area contributed by atoms with Gasteiger partial charge in [0, 0.05) is 18.2 Å². The van der Waals surface area contributed by atoms with Gasteiger partial charge in [0.15, 0.2) is 11.6 Å². The molecule has 0 heterocycles. The molecule has 0 aliphatic rings. The lowest BCUT2D eigenvalue weighted by Gasteiger charge is -2.14. The zero-order valence-electron chi connectivity index (χ0n) is 9.34. The number of aliphatic hydroxyl groups excluding tert-OH is 1. The number of benzene rings is 1. The van der Waals surface area contributed by atoms with Crippen molar-refractivity contribution in [1.29, 1.82) is 0 Å². The van der Waals surface area contributed by atoms with E-state index in [-0.39, 0.29) is 12.6 Å². The Labute approximate surface area is 94.3 Å². The summed E-state index contributed by atoms with van der Waals surface area (Å²) < 4.78 is 26.3. The second-order valence-electron chi connectivity index (χ2n) is 3.75. The van der Waals surface area contributed by atoms with E-state index in [1.807, 2.05) is 0 Å². The topological polar surface area (TPSA) is 32.3 Å². The normalized spacial score (nSPS) is 12.8. The van der Waals surface area contributed by atoms with E-state index in [0.29, 0.717) is 18.5 Å². The van der Waals surface area contributed by atoms with Gasteiger partial charge in [0.25, 0.3) is 0 Å². The first-order valence-corrected chi connectivity index (χ1v) is 5.45. The number of halogens is 2. The van der Waals surface area contributed by atoms with E-state index in [2.05, 4.69) is 5.32 Å². The summed E-state index contributed by atoms with van der Waals surface area (Å²) in [6.45, 7) is 2.62. The Hall–Kier alpha value is -1.00. The van der Waals surface area contributed by atoms with Crippen LogP contribution in [-0.2, 0) is 0 Å². The average molecular weight is 229 g/mol. The third kappa shape index (κ3) is 3.54. The molecular formula is C12H17F2NO. The fraction of sp³-hybridized carbons (Fsp3) is 0.500. The van der Waals surface area contributed by atoms with E-state index in [9.17, 15) is 8.78 Å². The standard InChI is InChI=1S/C12H17F2NO/c1-9(15-7-2-3-8-16)10-5-4-6-11(13)12(10)14/h4-6,9,15-16H,2-3,7-8H2,1H3. The molecule has 2 nitrogen and oxygen atoms in total. The van der Waals surface area contributed by atoms with Crippen LogP contribution < -0.4 is 5.32 Å². The molecule has 0 spiro atoms. The van der Waals surface area contributed by atoms with Crippen LogP contribution >= 0.6 is 0 Å². The van der Waals surface area contributed by atoms with Crippen molar-refractivity contribution in [2.24, 2.45) is 0 Å². The number of nitrogens with one attached hydrogen (secondary N) is 1. The van der Waals surface area contributed by atoms with Crippen molar-refractivity contribution >= 4 is 0 Å². The smallest absolute Gasteiger partial charge is 0.163 e. The molecule has 0 bridgehead atoms. The van der Waals surface area contributed by atoms with E-state index in [0.717, 1.165) is 12.5 Å². The maximum absolute atomic E-state index is 13.4. The predicted octanol–water partition coefficient (Wildman–Crippen LogP) is 2.39. The molecule has 2 N–H and O–H groups in total. The molecule has 4 heteroatoms. The van der Waals surface area contributed by atoms with E-state index in [4.69, 9.17) is 5.11 Å². The summed E-state index contributed by atoms with van der Waals surface area (Å²) in [6.07, 6.45) is 1.53. The molecule has 0 radical (unpaired) electrons. The van der Waals surface area contributed by atoms with Gasteiger partial charge in [-0.3, -0.25) is 0 Å². The summed E-state index contributed by atoms with van der Waals surface area (Å²) in [6, 6.07) is 3.95. The predicted molar refractivity (Wildman–Crippen MR) is 59.1 cm³/mol. The van der Waals surface area contributed by atoms with Gasteiger partial charge in [-0.25, -0.2) is 8.78 Å². The van der Waals surface area contributed by atoms with Crippen molar-refractivity contribution in [2.75, 3.05) is 13.2 Å². The Balaban J connectivity index is 2.52. The van der Waals surface area contributed by atoms with E-state index >= 15 is 0 Å². The molecule has 0 saturated carbocycles. The van der Waals surface area contributed by atoms with Crippen molar-refractivity contribution < 1.29 is 13.9 Å². The van der Waals surface area contributed by atoms with Gasteiger partial charge < -0.3 is 10.4 Å². The summed E-state index contributed by atoms with van der Waals surface area (Å²) >= 11 is 0. The number of rotatable bonds is 6. The van der Waals surface area contributed by atoms with Crippen LogP contribution in [0.5, 0.6) is 0 Å². The first kappa shape index (κ1) is 13.1. The van der Waals surface area contributed by atoms with Gasteiger partial charge >= 0.3 is 0 Å². The van der Waals surface area contributed by atoms with Crippen LogP contribution in [0.4, 0.5) is 8.78 Å². The highest BCUT2D eigenvalue weighted by molar-refractivity contribution is 5.21. The second kappa shape index (κ2) is 6.55. The lowest BCUT2D eigenvalue weighted by atomic mass is 10.1. The molecule has 16 heavy (non-hydrogen) atoms. The third-order valence-corrected chi connectivity index (χ3v) is 2.48. The van der Waals surface area contributed by atoms with Gasteiger partial charge in [-0.15, -0.1) is 0 Å². The molecule has 90 valence electrons. The Morgan fingerprint density at radius 2 is 2.06 bits per heavy atom. The van der Waals surface area contributed by atoms with Crippen molar-refractivity contribution in [1.82, 2.24) is 5.32 Å².